The van der Waals surface area contributed by atoms with Gasteiger partial charge in [-0.2, -0.15) is 0 Å². The summed E-state index contributed by atoms with van der Waals surface area (Å²) < 4.78 is 0. The van der Waals surface area contributed by atoms with Crippen molar-refractivity contribution < 1.29 is 4.79 Å². The second-order valence-corrected chi connectivity index (χ2v) is 10.1. The van der Waals surface area contributed by atoms with Gasteiger partial charge in [-0.15, -0.1) is 0 Å². The van der Waals surface area contributed by atoms with Gasteiger partial charge in [-0.25, -0.2) is 0 Å². The fourth-order valence-electron chi connectivity index (χ4n) is 6.95. The molecule has 0 unspecified atom stereocenters. The molecule has 1 saturated heterocycles. The Balaban J connectivity index is 1.28. The number of carbonyl (C=O) groups excluding carboxylic acids is 1. The van der Waals surface area contributed by atoms with Crippen LogP contribution in [0.15, 0.2) is 18.2 Å². The minimum absolute atomic E-state index is 0.0731. The smallest absolute Gasteiger partial charge is 0.230 e. The molecule has 5 fully saturated rings. The molecule has 152 valence electrons. The number of hydrogen-bond donors (Lipinski definition) is 1. The number of rotatable bonds is 4. The van der Waals surface area contributed by atoms with Gasteiger partial charge in [0, 0.05) is 37.6 Å². The number of carbonyl (C=O) groups is 1. The molecule has 0 spiro atoms. The van der Waals surface area contributed by atoms with E-state index >= 15 is 0 Å². The number of nitrogens with zero attached hydrogens (tertiary/aromatic N) is 2. The molecular formula is C24H35N3O. The molecule has 1 heterocycles. The highest BCUT2D eigenvalue weighted by molar-refractivity contribution is 5.96. The largest absolute Gasteiger partial charge is 0.369 e. The summed E-state index contributed by atoms with van der Waals surface area (Å²) in [6.07, 6.45) is 7.53. The number of benzene rings is 1. The van der Waals surface area contributed by atoms with E-state index in [0.29, 0.717) is 5.91 Å². The fraction of sp³-hybridized carbons (Fsp3) is 0.708. The van der Waals surface area contributed by atoms with E-state index in [1.165, 1.54) is 30.5 Å². The number of nitrogens with one attached hydrogen (secondary N) is 1. The summed E-state index contributed by atoms with van der Waals surface area (Å²) in [4.78, 5) is 18.3. The molecule has 0 radical (unpaired) electrons. The maximum atomic E-state index is 13.3. The topological polar surface area (TPSA) is 35.6 Å². The van der Waals surface area contributed by atoms with Crippen molar-refractivity contribution in [3.63, 3.8) is 0 Å². The molecule has 1 amide bonds. The summed E-state index contributed by atoms with van der Waals surface area (Å²) in [6, 6.07) is 6.59. The van der Waals surface area contributed by atoms with Crippen molar-refractivity contribution in [1.29, 1.82) is 0 Å². The van der Waals surface area contributed by atoms with E-state index in [4.69, 9.17) is 0 Å². The first kappa shape index (κ1) is 18.5. The van der Waals surface area contributed by atoms with Crippen LogP contribution in [0.5, 0.6) is 0 Å². The zero-order valence-corrected chi connectivity index (χ0v) is 17.5. The van der Waals surface area contributed by atoms with Crippen molar-refractivity contribution in [2.45, 2.75) is 52.4 Å². The highest BCUT2D eigenvalue weighted by atomic mass is 16.2. The predicted octanol–water partition coefficient (Wildman–Crippen LogP) is 4.29. The van der Waals surface area contributed by atoms with Crippen LogP contribution in [0.3, 0.4) is 0 Å². The van der Waals surface area contributed by atoms with Gasteiger partial charge in [0.15, 0.2) is 0 Å². The Morgan fingerprint density at radius 3 is 2.18 bits per heavy atom. The SMILES string of the molecule is CCN1CCN(c2ccc(NC(=O)C34CC5CC(CC(C5)C3)C4)c(C)c2)CC1. The zero-order valence-electron chi connectivity index (χ0n) is 17.5. The average Bonchev–Trinajstić information content (AvgIpc) is 2.68. The Bertz CT molecular complexity index is 715. The first-order valence-corrected chi connectivity index (χ1v) is 11.4. The Labute approximate surface area is 169 Å². The van der Waals surface area contributed by atoms with Gasteiger partial charge in [0.25, 0.3) is 0 Å². The van der Waals surface area contributed by atoms with Crippen LogP contribution in [0.1, 0.15) is 51.0 Å². The lowest BCUT2D eigenvalue weighted by atomic mass is 9.49. The van der Waals surface area contributed by atoms with Crippen molar-refractivity contribution in [3.8, 4) is 0 Å². The molecule has 1 aliphatic heterocycles. The Hall–Kier alpha value is -1.55. The Morgan fingerprint density at radius 1 is 1.04 bits per heavy atom. The van der Waals surface area contributed by atoms with Gasteiger partial charge in [0.05, 0.1) is 5.41 Å². The third kappa shape index (κ3) is 3.24. The third-order valence-corrected chi connectivity index (χ3v) is 8.16. The molecule has 4 saturated carbocycles. The summed E-state index contributed by atoms with van der Waals surface area (Å²) in [6.45, 7) is 9.98. The van der Waals surface area contributed by atoms with Gasteiger partial charge >= 0.3 is 0 Å². The van der Waals surface area contributed by atoms with Crippen molar-refractivity contribution in [2.24, 2.45) is 23.2 Å². The molecule has 4 heteroatoms. The molecule has 5 aliphatic rings. The highest BCUT2D eigenvalue weighted by Crippen LogP contribution is 2.60. The van der Waals surface area contributed by atoms with Gasteiger partial charge in [-0.3, -0.25) is 4.79 Å². The minimum atomic E-state index is -0.0731. The van der Waals surface area contributed by atoms with Gasteiger partial charge in [-0.1, -0.05) is 6.92 Å². The predicted molar refractivity (Wildman–Crippen MR) is 115 cm³/mol. The molecule has 1 aromatic rings. The van der Waals surface area contributed by atoms with E-state index in [9.17, 15) is 4.79 Å². The molecule has 4 bridgehead atoms. The van der Waals surface area contributed by atoms with Crippen LogP contribution in [0.4, 0.5) is 11.4 Å². The zero-order chi connectivity index (χ0) is 19.3. The molecule has 0 aromatic heterocycles. The first-order chi connectivity index (χ1) is 13.5. The van der Waals surface area contributed by atoms with E-state index in [1.807, 2.05) is 0 Å². The first-order valence-electron chi connectivity index (χ1n) is 11.4. The van der Waals surface area contributed by atoms with Crippen LogP contribution in [0.25, 0.3) is 0 Å². The lowest BCUT2D eigenvalue weighted by Crippen LogP contribution is -2.51. The number of aryl methyl sites for hydroxylation is 1. The van der Waals surface area contributed by atoms with Crippen LogP contribution in [-0.2, 0) is 4.79 Å². The normalized spacial score (nSPS) is 34.6. The number of hydrogen-bond acceptors (Lipinski definition) is 3. The summed E-state index contributed by atoms with van der Waals surface area (Å²) >= 11 is 0. The van der Waals surface area contributed by atoms with Gasteiger partial charge in [0.2, 0.25) is 5.91 Å². The van der Waals surface area contributed by atoms with Gasteiger partial charge in [0.1, 0.15) is 0 Å². The highest BCUT2D eigenvalue weighted by Gasteiger charge is 2.54. The van der Waals surface area contributed by atoms with Crippen molar-refractivity contribution in [1.82, 2.24) is 4.90 Å². The molecule has 28 heavy (non-hydrogen) atoms. The summed E-state index contributed by atoms with van der Waals surface area (Å²) in [7, 11) is 0. The van der Waals surface area contributed by atoms with E-state index in [-0.39, 0.29) is 5.41 Å². The minimum Gasteiger partial charge on any atom is -0.369 e. The lowest BCUT2D eigenvalue weighted by Gasteiger charge is -2.55. The Kier molecular flexibility index (Phi) is 4.65. The van der Waals surface area contributed by atoms with Crippen LogP contribution in [0, 0.1) is 30.1 Å². The van der Waals surface area contributed by atoms with Crippen LogP contribution in [0.2, 0.25) is 0 Å². The number of anilines is 2. The maximum Gasteiger partial charge on any atom is 0.230 e. The van der Waals surface area contributed by atoms with Crippen molar-refractivity contribution in [3.05, 3.63) is 23.8 Å². The molecule has 1 N–H and O–H groups in total. The molecule has 4 nitrogen and oxygen atoms in total. The number of piperazine rings is 1. The monoisotopic (exact) mass is 381 g/mol. The van der Waals surface area contributed by atoms with E-state index in [1.54, 1.807) is 0 Å². The van der Waals surface area contributed by atoms with E-state index in [2.05, 4.69) is 47.2 Å². The van der Waals surface area contributed by atoms with Crippen LogP contribution >= 0.6 is 0 Å². The van der Waals surface area contributed by atoms with Gasteiger partial charge in [-0.05, 0) is 93.5 Å². The lowest BCUT2D eigenvalue weighted by molar-refractivity contribution is -0.140. The molecular weight excluding hydrogens is 346 g/mol. The quantitative estimate of drug-likeness (QED) is 0.845. The Morgan fingerprint density at radius 2 is 1.64 bits per heavy atom. The van der Waals surface area contributed by atoms with Crippen molar-refractivity contribution >= 4 is 17.3 Å². The summed E-state index contributed by atoms with van der Waals surface area (Å²) in [5.74, 6) is 2.73. The molecule has 1 aromatic carbocycles. The second-order valence-electron chi connectivity index (χ2n) is 10.1. The molecule has 6 rings (SSSR count). The average molecular weight is 382 g/mol. The maximum absolute atomic E-state index is 13.3. The molecule has 4 aliphatic carbocycles. The summed E-state index contributed by atoms with van der Waals surface area (Å²) in [5.41, 5.74) is 3.42. The van der Waals surface area contributed by atoms with Crippen LogP contribution in [-0.4, -0.2) is 43.5 Å². The number of amides is 1. The van der Waals surface area contributed by atoms with E-state index in [0.717, 1.165) is 75.4 Å². The third-order valence-electron chi connectivity index (χ3n) is 8.16. The van der Waals surface area contributed by atoms with Crippen LogP contribution < -0.4 is 10.2 Å². The van der Waals surface area contributed by atoms with Crippen molar-refractivity contribution in [2.75, 3.05) is 42.9 Å². The molecule has 0 atom stereocenters. The summed E-state index contributed by atoms with van der Waals surface area (Å²) in [5, 5.41) is 3.35. The second kappa shape index (κ2) is 7.05. The fourth-order valence-corrected chi connectivity index (χ4v) is 6.95. The van der Waals surface area contributed by atoms with Gasteiger partial charge < -0.3 is 15.1 Å². The van der Waals surface area contributed by atoms with E-state index < -0.39 is 0 Å². The number of likely N-dealkylation sites (N-methyl/N-ethyl adjacent to an activating group) is 1. The standard InChI is InChI=1S/C24H35N3O/c1-3-26-6-8-27(9-7-26)21-4-5-22(17(2)10-21)25-23(28)24-14-18-11-19(15-24)13-20(12-18)16-24/h4-5,10,18-20H,3,6-9,11-16H2,1-2H3,(H,25,28).